The molecule has 0 fully saturated rings. The van der Waals surface area contributed by atoms with Crippen molar-refractivity contribution in [2.75, 3.05) is 6.61 Å². The molecule has 1 unspecified atom stereocenters. The second-order valence-corrected chi connectivity index (χ2v) is 4.89. The van der Waals surface area contributed by atoms with E-state index in [0.717, 1.165) is 18.3 Å². The fraction of sp³-hybridized carbons (Fsp3) is 0.562. The van der Waals surface area contributed by atoms with Crippen molar-refractivity contribution >= 4 is 6.29 Å². The number of aryl methyl sites for hydroxylation is 1. The number of hydrogen-bond donors (Lipinski definition) is 0. The number of rotatable bonds is 8. The summed E-state index contributed by atoms with van der Waals surface area (Å²) in [5.41, 5.74) is 1.74. The van der Waals surface area contributed by atoms with Crippen molar-refractivity contribution in [3.63, 3.8) is 0 Å². The molecule has 0 bridgehead atoms. The average molecular weight is 248 g/mol. The second kappa shape index (κ2) is 7.91. The lowest BCUT2D eigenvalue weighted by Gasteiger charge is -2.16. The van der Waals surface area contributed by atoms with Crippen molar-refractivity contribution in [3.05, 3.63) is 29.3 Å². The molecule has 0 radical (unpaired) electrons. The van der Waals surface area contributed by atoms with Gasteiger partial charge in [0.15, 0.2) is 6.29 Å². The van der Waals surface area contributed by atoms with E-state index in [1.165, 1.54) is 19.3 Å². The molecule has 0 aromatic heterocycles. The summed E-state index contributed by atoms with van der Waals surface area (Å²) in [5.74, 6) is 1.30. The van der Waals surface area contributed by atoms with Gasteiger partial charge in [0.2, 0.25) is 0 Å². The van der Waals surface area contributed by atoms with E-state index in [1.54, 1.807) is 0 Å². The fourth-order valence-corrected chi connectivity index (χ4v) is 2.00. The molecule has 1 aromatic rings. The Morgan fingerprint density at radius 3 is 2.72 bits per heavy atom. The van der Waals surface area contributed by atoms with Gasteiger partial charge in [-0.1, -0.05) is 44.7 Å². The summed E-state index contributed by atoms with van der Waals surface area (Å²) in [4.78, 5) is 11.0. The molecule has 2 heteroatoms. The largest absolute Gasteiger partial charge is 0.493 e. The molecule has 0 heterocycles. The Labute approximate surface area is 110 Å². The van der Waals surface area contributed by atoms with Crippen LogP contribution in [-0.2, 0) is 0 Å². The van der Waals surface area contributed by atoms with Crippen molar-refractivity contribution in [3.8, 4) is 5.75 Å². The van der Waals surface area contributed by atoms with Crippen molar-refractivity contribution in [1.29, 1.82) is 0 Å². The zero-order valence-electron chi connectivity index (χ0n) is 11.7. The summed E-state index contributed by atoms with van der Waals surface area (Å²) in [5, 5.41) is 0. The number of hydrogen-bond acceptors (Lipinski definition) is 2. The first-order valence-electron chi connectivity index (χ1n) is 6.89. The molecule has 1 rings (SSSR count). The number of carbonyl (C=O) groups is 1. The van der Waals surface area contributed by atoms with Crippen LogP contribution in [-0.4, -0.2) is 12.9 Å². The van der Waals surface area contributed by atoms with E-state index in [1.807, 2.05) is 25.1 Å². The lowest BCUT2D eigenvalue weighted by Crippen LogP contribution is -2.12. The summed E-state index contributed by atoms with van der Waals surface area (Å²) in [6.45, 7) is 7.09. The number of carbonyl (C=O) groups excluding carboxylic acids is 1. The van der Waals surface area contributed by atoms with Gasteiger partial charge in [0.05, 0.1) is 12.2 Å². The summed E-state index contributed by atoms with van der Waals surface area (Å²) in [6.07, 6.45) is 5.67. The molecular weight excluding hydrogens is 224 g/mol. The van der Waals surface area contributed by atoms with Gasteiger partial charge < -0.3 is 4.74 Å². The third-order valence-corrected chi connectivity index (χ3v) is 3.31. The first-order chi connectivity index (χ1) is 8.71. The lowest BCUT2D eigenvalue weighted by atomic mass is 10.0. The maximum atomic E-state index is 11.0. The lowest BCUT2D eigenvalue weighted by molar-refractivity contribution is 0.111. The molecule has 0 saturated heterocycles. The molecule has 0 spiro atoms. The first kappa shape index (κ1) is 14.7. The smallest absolute Gasteiger partial charge is 0.153 e. The van der Waals surface area contributed by atoms with Gasteiger partial charge in [0.1, 0.15) is 5.75 Å². The summed E-state index contributed by atoms with van der Waals surface area (Å²) >= 11 is 0. The highest BCUT2D eigenvalue weighted by Gasteiger charge is 2.09. The van der Waals surface area contributed by atoms with Crippen molar-refractivity contribution < 1.29 is 9.53 Å². The Bertz CT molecular complexity index is 371. The van der Waals surface area contributed by atoms with Crippen LogP contribution in [0.15, 0.2) is 18.2 Å². The molecule has 0 saturated carbocycles. The van der Waals surface area contributed by atoms with Gasteiger partial charge in [-0.3, -0.25) is 4.79 Å². The minimum Gasteiger partial charge on any atom is -0.493 e. The van der Waals surface area contributed by atoms with Gasteiger partial charge in [-0.25, -0.2) is 0 Å². The molecule has 1 atom stereocenters. The van der Waals surface area contributed by atoms with Gasteiger partial charge in [0, 0.05) is 0 Å². The predicted octanol–water partition coefficient (Wildman–Crippen LogP) is 4.40. The van der Waals surface area contributed by atoms with E-state index in [4.69, 9.17) is 4.74 Å². The van der Waals surface area contributed by atoms with Crippen LogP contribution in [0.5, 0.6) is 5.75 Å². The van der Waals surface area contributed by atoms with E-state index in [0.29, 0.717) is 23.8 Å². The normalized spacial score (nSPS) is 12.2. The van der Waals surface area contributed by atoms with E-state index >= 15 is 0 Å². The summed E-state index contributed by atoms with van der Waals surface area (Å²) in [6, 6.07) is 5.75. The van der Waals surface area contributed by atoms with Crippen LogP contribution < -0.4 is 4.74 Å². The third-order valence-electron chi connectivity index (χ3n) is 3.31. The Morgan fingerprint density at radius 1 is 1.33 bits per heavy atom. The van der Waals surface area contributed by atoms with Gasteiger partial charge in [-0.05, 0) is 31.4 Å². The Balaban J connectivity index is 2.58. The SMILES string of the molecule is CCCCC(CC)COc1ccc(C)cc1C=O. The van der Waals surface area contributed by atoms with Gasteiger partial charge in [-0.15, -0.1) is 0 Å². The second-order valence-electron chi connectivity index (χ2n) is 4.89. The van der Waals surface area contributed by atoms with E-state index in [9.17, 15) is 4.79 Å². The molecule has 100 valence electrons. The maximum Gasteiger partial charge on any atom is 0.153 e. The van der Waals surface area contributed by atoms with Crippen molar-refractivity contribution in [2.24, 2.45) is 5.92 Å². The number of aldehydes is 1. The topological polar surface area (TPSA) is 26.3 Å². The maximum absolute atomic E-state index is 11.0. The minimum atomic E-state index is 0.589. The highest BCUT2D eigenvalue weighted by atomic mass is 16.5. The monoisotopic (exact) mass is 248 g/mol. The van der Waals surface area contributed by atoms with Crippen LogP contribution in [0.3, 0.4) is 0 Å². The van der Waals surface area contributed by atoms with Crippen LogP contribution in [0, 0.1) is 12.8 Å². The van der Waals surface area contributed by atoms with Gasteiger partial charge >= 0.3 is 0 Å². The zero-order chi connectivity index (χ0) is 13.4. The zero-order valence-corrected chi connectivity index (χ0v) is 11.7. The number of unbranched alkanes of at least 4 members (excludes halogenated alkanes) is 1. The quantitative estimate of drug-likeness (QED) is 0.637. The molecule has 0 aliphatic heterocycles. The molecule has 0 amide bonds. The molecule has 1 aromatic carbocycles. The van der Waals surface area contributed by atoms with Crippen molar-refractivity contribution in [1.82, 2.24) is 0 Å². The Kier molecular flexibility index (Phi) is 6.48. The van der Waals surface area contributed by atoms with Crippen LogP contribution in [0.1, 0.15) is 55.5 Å². The number of ether oxygens (including phenoxy) is 1. The van der Waals surface area contributed by atoms with E-state index in [2.05, 4.69) is 13.8 Å². The Morgan fingerprint density at radius 2 is 2.11 bits per heavy atom. The summed E-state index contributed by atoms with van der Waals surface area (Å²) in [7, 11) is 0. The van der Waals surface area contributed by atoms with Crippen LogP contribution in [0.2, 0.25) is 0 Å². The van der Waals surface area contributed by atoms with E-state index in [-0.39, 0.29) is 0 Å². The van der Waals surface area contributed by atoms with Crippen LogP contribution in [0.4, 0.5) is 0 Å². The molecule has 0 N–H and O–H groups in total. The predicted molar refractivity (Wildman–Crippen MR) is 75.4 cm³/mol. The van der Waals surface area contributed by atoms with Crippen LogP contribution >= 0.6 is 0 Å². The van der Waals surface area contributed by atoms with Gasteiger partial charge in [0.25, 0.3) is 0 Å². The number of benzene rings is 1. The highest BCUT2D eigenvalue weighted by molar-refractivity contribution is 5.79. The highest BCUT2D eigenvalue weighted by Crippen LogP contribution is 2.21. The molecule has 2 nitrogen and oxygen atoms in total. The standard InChI is InChI=1S/C16H24O2/c1-4-6-7-14(5-2)12-18-16-9-8-13(3)10-15(16)11-17/h8-11,14H,4-7,12H2,1-3H3. The molecule has 0 aliphatic carbocycles. The minimum absolute atomic E-state index is 0.589. The van der Waals surface area contributed by atoms with Gasteiger partial charge in [-0.2, -0.15) is 0 Å². The fourth-order valence-electron chi connectivity index (χ4n) is 2.00. The Hall–Kier alpha value is -1.31. The van der Waals surface area contributed by atoms with Crippen molar-refractivity contribution in [2.45, 2.75) is 46.5 Å². The van der Waals surface area contributed by atoms with Crippen LogP contribution in [0.25, 0.3) is 0 Å². The average Bonchev–Trinajstić information content (AvgIpc) is 2.40. The summed E-state index contributed by atoms with van der Waals surface area (Å²) < 4.78 is 5.80. The van der Waals surface area contributed by atoms with E-state index < -0.39 is 0 Å². The first-order valence-corrected chi connectivity index (χ1v) is 6.89. The molecule has 0 aliphatic rings. The molecular formula is C16H24O2. The third kappa shape index (κ3) is 4.52. The molecule has 18 heavy (non-hydrogen) atoms.